The first kappa shape index (κ1) is 17.0. The van der Waals surface area contributed by atoms with Crippen LogP contribution in [0.3, 0.4) is 0 Å². The third-order valence-electron chi connectivity index (χ3n) is 3.63. The number of thioether (sulfide) groups is 1. The lowest BCUT2D eigenvalue weighted by Crippen LogP contribution is -2.28. The van der Waals surface area contributed by atoms with Gasteiger partial charge in [0, 0.05) is 18.9 Å². The molecule has 6 nitrogen and oxygen atoms in total. The molecule has 25 heavy (non-hydrogen) atoms. The molecule has 0 spiro atoms. The van der Waals surface area contributed by atoms with Gasteiger partial charge in [-0.1, -0.05) is 17.8 Å². The molecule has 1 amide bonds. The van der Waals surface area contributed by atoms with E-state index in [4.69, 9.17) is 5.26 Å². The Morgan fingerprint density at radius 1 is 1.44 bits per heavy atom. The van der Waals surface area contributed by atoms with Gasteiger partial charge in [-0.15, -0.1) is 0 Å². The number of amidine groups is 1. The minimum Gasteiger partial charge on any atom is -0.384 e. The van der Waals surface area contributed by atoms with Crippen LogP contribution in [0.4, 0.5) is 11.4 Å². The molecule has 0 saturated carbocycles. The van der Waals surface area contributed by atoms with Crippen molar-refractivity contribution in [1.29, 1.82) is 5.26 Å². The highest BCUT2D eigenvalue weighted by atomic mass is 32.2. The lowest BCUT2D eigenvalue weighted by molar-refractivity contribution is -0.124. The van der Waals surface area contributed by atoms with Crippen molar-refractivity contribution in [1.82, 2.24) is 9.88 Å². The Morgan fingerprint density at radius 3 is 3.04 bits per heavy atom. The molecular weight excluding hydrogens is 334 g/mol. The Hall–Kier alpha value is -2.85. The lowest BCUT2D eigenvalue weighted by Gasteiger charge is -2.16. The second kappa shape index (κ2) is 7.81. The Bertz CT molecular complexity index is 844. The lowest BCUT2D eigenvalue weighted by atomic mass is 10.2. The molecule has 126 valence electrons. The summed E-state index contributed by atoms with van der Waals surface area (Å²) in [4.78, 5) is 22.7. The minimum absolute atomic E-state index is 0.0223. The Labute approximate surface area is 150 Å². The first-order chi connectivity index (χ1) is 12.2. The van der Waals surface area contributed by atoms with E-state index in [9.17, 15) is 4.79 Å². The Balaban J connectivity index is 1.93. The number of hydrogen-bond donors (Lipinski definition) is 1. The molecule has 0 bridgehead atoms. The van der Waals surface area contributed by atoms with Gasteiger partial charge >= 0.3 is 0 Å². The SMILES string of the molecule is CCNc1ccc(C#N)cc1/N=C1\SCC(=O)N1Cc1cccnc1. The molecule has 1 aliphatic rings. The number of nitrogens with one attached hydrogen (secondary N) is 1. The highest BCUT2D eigenvalue weighted by Gasteiger charge is 2.28. The van der Waals surface area contributed by atoms with Crippen LogP contribution in [-0.4, -0.2) is 33.3 Å². The van der Waals surface area contributed by atoms with Crippen molar-refractivity contribution >= 4 is 34.2 Å². The molecule has 2 aromatic rings. The first-order valence-electron chi connectivity index (χ1n) is 7.90. The van der Waals surface area contributed by atoms with Gasteiger partial charge in [0.05, 0.1) is 35.3 Å². The molecule has 0 radical (unpaired) electrons. The van der Waals surface area contributed by atoms with Gasteiger partial charge in [-0.05, 0) is 36.8 Å². The zero-order valence-electron chi connectivity index (χ0n) is 13.8. The molecule has 1 N–H and O–H groups in total. The average molecular weight is 351 g/mol. The average Bonchev–Trinajstić information content (AvgIpc) is 2.97. The van der Waals surface area contributed by atoms with Gasteiger partial charge < -0.3 is 5.32 Å². The second-order valence-corrected chi connectivity index (χ2v) is 6.34. The van der Waals surface area contributed by atoms with Crippen molar-refractivity contribution in [3.63, 3.8) is 0 Å². The summed E-state index contributed by atoms with van der Waals surface area (Å²) in [6.07, 6.45) is 3.45. The Morgan fingerprint density at radius 2 is 2.32 bits per heavy atom. The summed E-state index contributed by atoms with van der Waals surface area (Å²) in [5.41, 5.74) is 2.99. The summed E-state index contributed by atoms with van der Waals surface area (Å²) >= 11 is 1.41. The minimum atomic E-state index is 0.0223. The van der Waals surface area contributed by atoms with Gasteiger partial charge in [0.2, 0.25) is 5.91 Å². The number of amides is 1. The van der Waals surface area contributed by atoms with Gasteiger partial charge in [-0.2, -0.15) is 5.26 Å². The zero-order chi connectivity index (χ0) is 17.6. The van der Waals surface area contributed by atoms with Crippen molar-refractivity contribution in [2.75, 3.05) is 17.6 Å². The van der Waals surface area contributed by atoms with Crippen LogP contribution in [-0.2, 0) is 11.3 Å². The number of aromatic nitrogens is 1. The third-order valence-corrected chi connectivity index (χ3v) is 4.59. The van der Waals surface area contributed by atoms with Gasteiger partial charge in [-0.3, -0.25) is 14.7 Å². The standard InChI is InChI=1S/C18H17N5OS/c1-2-21-15-6-5-13(9-19)8-16(15)22-18-23(17(24)12-25-18)11-14-4-3-7-20-10-14/h3-8,10,21H,2,11-12H2,1H3/b22-18-. The van der Waals surface area contributed by atoms with Crippen molar-refractivity contribution in [2.24, 2.45) is 4.99 Å². The number of carbonyl (C=O) groups is 1. The molecule has 7 heteroatoms. The van der Waals surface area contributed by atoms with Gasteiger partial charge in [-0.25, -0.2) is 4.99 Å². The van der Waals surface area contributed by atoms with Crippen LogP contribution < -0.4 is 5.32 Å². The highest BCUT2D eigenvalue weighted by molar-refractivity contribution is 8.15. The summed E-state index contributed by atoms with van der Waals surface area (Å²) in [6.45, 7) is 3.18. The summed E-state index contributed by atoms with van der Waals surface area (Å²) in [5, 5.41) is 13.0. The topological polar surface area (TPSA) is 81.4 Å². The van der Waals surface area contributed by atoms with E-state index < -0.39 is 0 Å². The van der Waals surface area contributed by atoms with Crippen molar-refractivity contribution in [3.05, 3.63) is 53.9 Å². The largest absolute Gasteiger partial charge is 0.384 e. The third kappa shape index (κ3) is 3.98. The number of carbonyl (C=O) groups excluding carboxylic acids is 1. The smallest absolute Gasteiger partial charge is 0.239 e. The number of aliphatic imine (C=N–C) groups is 1. The quantitative estimate of drug-likeness (QED) is 0.895. The van der Waals surface area contributed by atoms with E-state index in [0.717, 1.165) is 17.8 Å². The fraction of sp³-hybridized carbons (Fsp3) is 0.222. The van der Waals surface area contributed by atoms with E-state index >= 15 is 0 Å². The molecule has 1 aromatic carbocycles. The molecular formula is C18H17N5OS. The molecule has 0 atom stereocenters. The van der Waals surface area contributed by atoms with E-state index in [0.29, 0.717) is 28.7 Å². The number of anilines is 1. The molecule has 1 saturated heterocycles. The predicted octanol–water partition coefficient (Wildman–Crippen LogP) is 3.15. The van der Waals surface area contributed by atoms with E-state index in [1.165, 1.54) is 11.8 Å². The van der Waals surface area contributed by atoms with Crippen LogP contribution >= 0.6 is 11.8 Å². The van der Waals surface area contributed by atoms with Crippen LogP contribution in [0.25, 0.3) is 0 Å². The summed E-state index contributed by atoms with van der Waals surface area (Å²) < 4.78 is 0. The summed E-state index contributed by atoms with van der Waals surface area (Å²) in [6, 6.07) is 11.2. The maximum atomic E-state index is 12.2. The van der Waals surface area contributed by atoms with Gasteiger partial charge in [0.15, 0.2) is 5.17 Å². The predicted molar refractivity (Wildman–Crippen MR) is 99.7 cm³/mol. The number of nitrogens with zero attached hydrogens (tertiary/aromatic N) is 4. The van der Waals surface area contributed by atoms with E-state index in [2.05, 4.69) is 21.4 Å². The van der Waals surface area contributed by atoms with E-state index in [1.807, 2.05) is 25.1 Å². The summed E-state index contributed by atoms with van der Waals surface area (Å²) in [5.74, 6) is 0.391. The summed E-state index contributed by atoms with van der Waals surface area (Å²) in [7, 11) is 0. The van der Waals surface area contributed by atoms with E-state index in [-0.39, 0.29) is 5.91 Å². The molecule has 1 fully saturated rings. The van der Waals surface area contributed by atoms with Crippen LogP contribution in [0.2, 0.25) is 0 Å². The van der Waals surface area contributed by atoms with Gasteiger partial charge in [0.25, 0.3) is 0 Å². The van der Waals surface area contributed by atoms with Crippen LogP contribution in [0.15, 0.2) is 47.7 Å². The fourth-order valence-corrected chi connectivity index (χ4v) is 3.34. The van der Waals surface area contributed by atoms with Crippen LogP contribution in [0, 0.1) is 11.3 Å². The molecule has 1 aliphatic heterocycles. The molecule has 0 unspecified atom stereocenters. The zero-order valence-corrected chi connectivity index (χ0v) is 14.6. The van der Waals surface area contributed by atoms with E-state index in [1.54, 1.807) is 29.4 Å². The van der Waals surface area contributed by atoms with Crippen LogP contribution in [0.1, 0.15) is 18.1 Å². The maximum Gasteiger partial charge on any atom is 0.239 e. The van der Waals surface area contributed by atoms with Crippen molar-refractivity contribution < 1.29 is 4.79 Å². The van der Waals surface area contributed by atoms with Crippen LogP contribution in [0.5, 0.6) is 0 Å². The number of pyridine rings is 1. The number of benzene rings is 1. The van der Waals surface area contributed by atoms with Crippen molar-refractivity contribution in [3.8, 4) is 6.07 Å². The molecule has 2 heterocycles. The normalized spacial score (nSPS) is 15.4. The van der Waals surface area contributed by atoms with Gasteiger partial charge in [0.1, 0.15) is 0 Å². The molecule has 0 aliphatic carbocycles. The van der Waals surface area contributed by atoms with Crippen molar-refractivity contribution in [2.45, 2.75) is 13.5 Å². The first-order valence-corrected chi connectivity index (χ1v) is 8.88. The molecule has 3 rings (SSSR count). The highest BCUT2D eigenvalue weighted by Crippen LogP contribution is 2.30. The fourth-order valence-electron chi connectivity index (χ4n) is 2.45. The Kier molecular flexibility index (Phi) is 5.31. The number of rotatable bonds is 5. The number of nitriles is 1. The number of hydrogen-bond acceptors (Lipinski definition) is 6. The maximum absolute atomic E-state index is 12.2. The second-order valence-electron chi connectivity index (χ2n) is 5.40. The molecule has 1 aromatic heterocycles. The monoisotopic (exact) mass is 351 g/mol.